The Morgan fingerprint density at radius 2 is 1.94 bits per heavy atom. The first-order chi connectivity index (χ1) is 8.63. The van der Waals surface area contributed by atoms with Crippen LogP contribution in [0.5, 0.6) is 0 Å². The number of benzene rings is 1. The van der Waals surface area contributed by atoms with Gasteiger partial charge in [0.1, 0.15) is 5.76 Å². The number of furan rings is 1. The van der Waals surface area contributed by atoms with Crippen LogP contribution in [-0.4, -0.2) is 6.54 Å². The van der Waals surface area contributed by atoms with Crippen molar-refractivity contribution in [3.05, 3.63) is 55.3 Å². The molecule has 0 amide bonds. The molecule has 1 N–H and O–H groups in total. The summed E-state index contributed by atoms with van der Waals surface area (Å²) in [6.07, 6.45) is 1.69. The molecule has 2 aromatic rings. The molecule has 0 saturated carbocycles. The first kappa shape index (κ1) is 14.3. The molecule has 5 heteroatoms. The van der Waals surface area contributed by atoms with E-state index in [-0.39, 0.29) is 6.04 Å². The van der Waals surface area contributed by atoms with Crippen molar-refractivity contribution < 1.29 is 4.42 Å². The predicted molar refractivity (Wildman–Crippen MR) is 83.8 cm³/mol. The maximum Gasteiger partial charge on any atom is 0.139 e. The smallest absolute Gasteiger partial charge is 0.139 e. The highest BCUT2D eigenvalue weighted by molar-refractivity contribution is 9.11. The molecular formula is C13H12Br3NO. The van der Waals surface area contributed by atoms with Gasteiger partial charge in [-0.3, -0.25) is 0 Å². The van der Waals surface area contributed by atoms with Crippen LogP contribution in [0.2, 0.25) is 0 Å². The van der Waals surface area contributed by atoms with Gasteiger partial charge < -0.3 is 9.73 Å². The Labute approximate surface area is 132 Å². The number of nitrogens with one attached hydrogen (secondary N) is 1. The molecular weight excluding hydrogens is 426 g/mol. The third kappa shape index (κ3) is 3.07. The highest BCUT2D eigenvalue weighted by atomic mass is 79.9. The molecule has 1 atom stereocenters. The lowest BCUT2D eigenvalue weighted by Gasteiger charge is -2.18. The van der Waals surface area contributed by atoms with Crippen molar-refractivity contribution in [2.45, 2.75) is 13.0 Å². The highest BCUT2D eigenvalue weighted by Crippen LogP contribution is 2.34. The lowest BCUT2D eigenvalue weighted by molar-refractivity contribution is 0.449. The second kappa shape index (κ2) is 6.37. The number of rotatable bonds is 4. The van der Waals surface area contributed by atoms with E-state index in [9.17, 15) is 0 Å². The summed E-state index contributed by atoms with van der Waals surface area (Å²) < 4.78 is 8.66. The van der Waals surface area contributed by atoms with Crippen LogP contribution in [0.15, 0.2) is 48.4 Å². The summed E-state index contributed by atoms with van der Waals surface area (Å²) >= 11 is 10.6. The van der Waals surface area contributed by atoms with Crippen LogP contribution >= 0.6 is 47.8 Å². The van der Waals surface area contributed by atoms with E-state index in [1.165, 1.54) is 0 Å². The predicted octanol–water partition coefficient (Wildman–Crippen LogP) is 5.27. The van der Waals surface area contributed by atoms with Crippen molar-refractivity contribution in [3.8, 4) is 0 Å². The fourth-order valence-electron chi connectivity index (χ4n) is 1.80. The Kier molecular flexibility index (Phi) is 5.06. The summed E-state index contributed by atoms with van der Waals surface area (Å²) in [4.78, 5) is 0. The molecule has 1 unspecified atom stereocenters. The molecule has 0 radical (unpaired) electrons. The van der Waals surface area contributed by atoms with Crippen molar-refractivity contribution in [2.24, 2.45) is 0 Å². The molecule has 0 aliphatic rings. The topological polar surface area (TPSA) is 25.2 Å². The largest absolute Gasteiger partial charge is 0.466 e. The van der Waals surface area contributed by atoms with E-state index in [0.29, 0.717) is 0 Å². The summed E-state index contributed by atoms with van der Waals surface area (Å²) in [5.41, 5.74) is 1.14. The van der Waals surface area contributed by atoms with E-state index >= 15 is 0 Å². The maximum atomic E-state index is 5.58. The minimum Gasteiger partial charge on any atom is -0.466 e. The van der Waals surface area contributed by atoms with Crippen LogP contribution < -0.4 is 5.32 Å². The fourth-order valence-corrected chi connectivity index (χ4v) is 3.08. The Morgan fingerprint density at radius 1 is 1.17 bits per heavy atom. The summed E-state index contributed by atoms with van der Waals surface area (Å²) in [7, 11) is 0. The van der Waals surface area contributed by atoms with E-state index in [2.05, 4.69) is 66.1 Å². The van der Waals surface area contributed by atoms with E-state index in [0.717, 1.165) is 31.3 Å². The van der Waals surface area contributed by atoms with Crippen molar-refractivity contribution in [2.75, 3.05) is 6.54 Å². The van der Waals surface area contributed by atoms with Gasteiger partial charge in [-0.15, -0.1) is 0 Å². The van der Waals surface area contributed by atoms with Gasteiger partial charge in [-0.1, -0.05) is 38.8 Å². The Bertz CT molecular complexity index is 539. The van der Waals surface area contributed by atoms with Crippen LogP contribution in [0, 0.1) is 0 Å². The van der Waals surface area contributed by atoms with Crippen molar-refractivity contribution in [3.63, 3.8) is 0 Å². The average Bonchev–Trinajstić information content (AvgIpc) is 2.76. The van der Waals surface area contributed by atoms with Gasteiger partial charge in [-0.25, -0.2) is 0 Å². The molecule has 0 bridgehead atoms. The standard InChI is InChI=1S/C13H12Br3NO/c1-2-17-12(13-11(16)5-6-18-13)9-7-8(14)3-4-10(9)15/h3-7,12,17H,2H2,1H3. The highest BCUT2D eigenvalue weighted by Gasteiger charge is 2.21. The third-order valence-electron chi connectivity index (χ3n) is 2.58. The van der Waals surface area contributed by atoms with E-state index in [1.54, 1.807) is 6.26 Å². The second-order valence-electron chi connectivity index (χ2n) is 3.79. The second-order valence-corrected chi connectivity index (χ2v) is 6.41. The van der Waals surface area contributed by atoms with Gasteiger partial charge in [-0.2, -0.15) is 0 Å². The van der Waals surface area contributed by atoms with Gasteiger partial charge in [-0.05, 0) is 52.3 Å². The Morgan fingerprint density at radius 3 is 2.56 bits per heavy atom. The van der Waals surface area contributed by atoms with Crippen LogP contribution in [0.1, 0.15) is 24.3 Å². The Hall–Kier alpha value is -0.100. The summed E-state index contributed by atoms with van der Waals surface area (Å²) in [6.45, 7) is 2.94. The number of halogens is 3. The molecule has 2 rings (SSSR count). The Balaban J connectivity index is 2.48. The first-order valence-electron chi connectivity index (χ1n) is 5.54. The quantitative estimate of drug-likeness (QED) is 0.705. The van der Waals surface area contributed by atoms with Gasteiger partial charge in [0, 0.05) is 8.95 Å². The van der Waals surface area contributed by atoms with Crippen molar-refractivity contribution in [1.29, 1.82) is 0 Å². The summed E-state index contributed by atoms with van der Waals surface area (Å²) in [6, 6.07) is 8.05. The molecule has 96 valence electrons. The lowest BCUT2D eigenvalue weighted by atomic mass is 10.0. The van der Waals surface area contributed by atoms with Crippen molar-refractivity contribution >= 4 is 47.8 Å². The average molecular weight is 438 g/mol. The van der Waals surface area contributed by atoms with E-state index < -0.39 is 0 Å². The molecule has 18 heavy (non-hydrogen) atoms. The van der Waals surface area contributed by atoms with Gasteiger partial charge >= 0.3 is 0 Å². The lowest BCUT2D eigenvalue weighted by Crippen LogP contribution is -2.22. The normalized spacial score (nSPS) is 12.7. The van der Waals surface area contributed by atoms with Gasteiger partial charge in [0.15, 0.2) is 0 Å². The zero-order valence-electron chi connectivity index (χ0n) is 9.71. The van der Waals surface area contributed by atoms with Crippen LogP contribution in [0.4, 0.5) is 0 Å². The summed E-state index contributed by atoms with van der Waals surface area (Å²) in [5, 5.41) is 3.44. The molecule has 1 heterocycles. The van der Waals surface area contributed by atoms with Crippen LogP contribution in [0.3, 0.4) is 0 Å². The van der Waals surface area contributed by atoms with Crippen LogP contribution in [-0.2, 0) is 0 Å². The van der Waals surface area contributed by atoms with Gasteiger partial charge in [0.2, 0.25) is 0 Å². The fraction of sp³-hybridized carbons (Fsp3) is 0.231. The van der Waals surface area contributed by atoms with Gasteiger partial charge in [0.25, 0.3) is 0 Å². The molecule has 0 aliphatic carbocycles. The monoisotopic (exact) mass is 435 g/mol. The zero-order valence-corrected chi connectivity index (χ0v) is 14.5. The maximum absolute atomic E-state index is 5.58. The first-order valence-corrected chi connectivity index (χ1v) is 7.92. The third-order valence-corrected chi connectivity index (χ3v) is 4.45. The SMILES string of the molecule is CCNC(c1cc(Br)ccc1Br)c1occc1Br. The van der Waals surface area contributed by atoms with Crippen molar-refractivity contribution in [1.82, 2.24) is 5.32 Å². The van der Waals surface area contributed by atoms with E-state index in [1.807, 2.05) is 18.2 Å². The summed E-state index contributed by atoms with van der Waals surface area (Å²) in [5.74, 6) is 0.885. The molecule has 0 aliphatic heterocycles. The van der Waals surface area contributed by atoms with Gasteiger partial charge in [0.05, 0.1) is 16.8 Å². The molecule has 0 saturated heterocycles. The zero-order chi connectivity index (χ0) is 13.1. The van der Waals surface area contributed by atoms with E-state index in [4.69, 9.17) is 4.42 Å². The molecule has 1 aromatic heterocycles. The number of hydrogen-bond acceptors (Lipinski definition) is 2. The minimum atomic E-state index is 0.0197. The molecule has 0 spiro atoms. The number of hydrogen-bond donors (Lipinski definition) is 1. The molecule has 0 fully saturated rings. The molecule has 1 aromatic carbocycles. The molecule has 2 nitrogen and oxygen atoms in total. The van der Waals surface area contributed by atoms with Crippen LogP contribution in [0.25, 0.3) is 0 Å². The minimum absolute atomic E-state index is 0.0197.